The van der Waals surface area contributed by atoms with Gasteiger partial charge < -0.3 is 14.7 Å². The van der Waals surface area contributed by atoms with Gasteiger partial charge in [0.2, 0.25) is 0 Å². The van der Waals surface area contributed by atoms with Crippen molar-refractivity contribution in [1.29, 1.82) is 0 Å². The highest BCUT2D eigenvalue weighted by atomic mass is 16.5. The molecule has 0 aromatic heterocycles. The summed E-state index contributed by atoms with van der Waals surface area (Å²) in [5.74, 6) is -0.831. The largest absolute Gasteiger partial charge is 0.507 e. The zero-order valence-corrected chi connectivity index (χ0v) is 10.8. The number of piperidine rings is 1. The highest BCUT2D eigenvalue weighted by Crippen LogP contribution is 2.23. The van der Waals surface area contributed by atoms with Crippen LogP contribution in [-0.2, 0) is 9.53 Å². The van der Waals surface area contributed by atoms with Gasteiger partial charge in [-0.05, 0) is 25.0 Å². The Bertz CT molecular complexity index is 486. The van der Waals surface area contributed by atoms with Gasteiger partial charge in [0.05, 0.1) is 18.6 Å². The van der Waals surface area contributed by atoms with Crippen molar-refractivity contribution in [3.63, 3.8) is 0 Å². The molecule has 1 aliphatic heterocycles. The van der Waals surface area contributed by atoms with E-state index in [-0.39, 0.29) is 29.1 Å². The SMILES string of the molecule is COC(=O)C1CCCN(C(=O)c2ccccc2O)C1. The van der Waals surface area contributed by atoms with Crippen molar-refractivity contribution >= 4 is 11.9 Å². The smallest absolute Gasteiger partial charge is 0.310 e. The van der Waals surface area contributed by atoms with Crippen LogP contribution in [0.15, 0.2) is 24.3 Å². The van der Waals surface area contributed by atoms with Crippen molar-refractivity contribution in [2.75, 3.05) is 20.2 Å². The minimum atomic E-state index is -0.283. The quantitative estimate of drug-likeness (QED) is 0.819. The molecule has 1 aromatic rings. The summed E-state index contributed by atoms with van der Waals surface area (Å²) in [5.41, 5.74) is 0.271. The van der Waals surface area contributed by atoms with Gasteiger partial charge in [-0.2, -0.15) is 0 Å². The molecule has 5 heteroatoms. The number of nitrogens with zero attached hydrogens (tertiary/aromatic N) is 1. The molecule has 1 heterocycles. The van der Waals surface area contributed by atoms with E-state index in [1.807, 2.05) is 0 Å². The lowest BCUT2D eigenvalue weighted by molar-refractivity contribution is -0.146. The van der Waals surface area contributed by atoms with E-state index >= 15 is 0 Å². The van der Waals surface area contributed by atoms with Gasteiger partial charge in [-0.15, -0.1) is 0 Å². The zero-order chi connectivity index (χ0) is 13.8. The van der Waals surface area contributed by atoms with Crippen LogP contribution in [0.25, 0.3) is 0 Å². The Morgan fingerprint density at radius 1 is 1.37 bits per heavy atom. The van der Waals surface area contributed by atoms with E-state index in [9.17, 15) is 14.7 Å². The average Bonchev–Trinajstić information content (AvgIpc) is 2.46. The highest BCUT2D eigenvalue weighted by molar-refractivity contribution is 5.97. The van der Waals surface area contributed by atoms with Gasteiger partial charge >= 0.3 is 5.97 Å². The summed E-state index contributed by atoms with van der Waals surface area (Å²) in [6.45, 7) is 0.945. The van der Waals surface area contributed by atoms with Crippen LogP contribution in [0.3, 0.4) is 0 Å². The predicted molar refractivity (Wildman–Crippen MR) is 68.8 cm³/mol. The first kappa shape index (κ1) is 13.4. The van der Waals surface area contributed by atoms with Crippen LogP contribution in [0.1, 0.15) is 23.2 Å². The number of phenolic OH excluding ortho intramolecular Hbond substituents is 1. The molecule has 1 aliphatic rings. The van der Waals surface area contributed by atoms with Crippen molar-refractivity contribution in [2.45, 2.75) is 12.8 Å². The zero-order valence-electron chi connectivity index (χ0n) is 10.8. The maximum Gasteiger partial charge on any atom is 0.310 e. The first-order chi connectivity index (χ1) is 9.13. The van der Waals surface area contributed by atoms with E-state index < -0.39 is 0 Å². The number of hydrogen-bond donors (Lipinski definition) is 1. The molecule has 1 unspecified atom stereocenters. The molecule has 2 rings (SSSR count). The summed E-state index contributed by atoms with van der Waals surface area (Å²) < 4.78 is 4.72. The molecular weight excluding hydrogens is 246 g/mol. The van der Waals surface area contributed by atoms with Crippen molar-refractivity contribution in [3.05, 3.63) is 29.8 Å². The lowest BCUT2D eigenvalue weighted by Crippen LogP contribution is -2.42. The summed E-state index contributed by atoms with van der Waals surface area (Å²) in [5, 5.41) is 9.69. The van der Waals surface area contributed by atoms with Crippen molar-refractivity contribution in [2.24, 2.45) is 5.92 Å². The van der Waals surface area contributed by atoms with E-state index in [0.717, 1.165) is 12.8 Å². The monoisotopic (exact) mass is 263 g/mol. The number of carbonyl (C=O) groups excluding carboxylic acids is 2. The number of benzene rings is 1. The molecule has 5 nitrogen and oxygen atoms in total. The molecule has 0 bridgehead atoms. The van der Waals surface area contributed by atoms with Gasteiger partial charge in [-0.25, -0.2) is 0 Å². The number of likely N-dealkylation sites (tertiary alicyclic amines) is 1. The first-order valence-corrected chi connectivity index (χ1v) is 6.28. The number of ether oxygens (including phenoxy) is 1. The van der Waals surface area contributed by atoms with Gasteiger partial charge in [0.25, 0.3) is 5.91 Å². The van der Waals surface area contributed by atoms with Crippen LogP contribution in [0, 0.1) is 5.92 Å². The Morgan fingerprint density at radius 2 is 2.11 bits per heavy atom. The van der Waals surface area contributed by atoms with E-state index in [4.69, 9.17) is 4.74 Å². The highest BCUT2D eigenvalue weighted by Gasteiger charge is 2.30. The third-order valence-electron chi connectivity index (χ3n) is 3.38. The number of esters is 1. The summed E-state index contributed by atoms with van der Waals surface area (Å²) >= 11 is 0. The molecule has 1 fully saturated rings. The first-order valence-electron chi connectivity index (χ1n) is 6.28. The Morgan fingerprint density at radius 3 is 2.79 bits per heavy atom. The van der Waals surface area contributed by atoms with Gasteiger partial charge in [-0.3, -0.25) is 9.59 Å². The molecule has 0 spiro atoms. The van der Waals surface area contributed by atoms with Gasteiger partial charge in [0, 0.05) is 13.1 Å². The number of carbonyl (C=O) groups is 2. The summed E-state index contributed by atoms with van der Waals surface area (Å²) in [6.07, 6.45) is 1.50. The normalized spacial score (nSPS) is 19.0. The molecule has 0 radical (unpaired) electrons. The summed E-state index contributed by atoms with van der Waals surface area (Å²) in [7, 11) is 1.35. The Kier molecular flexibility index (Phi) is 4.04. The standard InChI is InChI=1S/C14H17NO4/c1-19-14(18)10-5-4-8-15(9-10)13(17)11-6-2-3-7-12(11)16/h2-3,6-7,10,16H,4-5,8-9H2,1H3. The second-order valence-corrected chi connectivity index (χ2v) is 4.63. The Labute approximate surface area is 111 Å². The van der Waals surface area contributed by atoms with Crippen LogP contribution in [0.2, 0.25) is 0 Å². The predicted octanol–water partition coefficient (Wildman–Crippen LogP) is 1.42. The third kappa shape index (κ3) is 2.86. The van der Waals surface area contributed by atoms with Crippen LogP contribution in [0.4, 0.5) is 0 Å². The second kappa shape index (κ2) is 5.73. The summed E-state index contributed by atoms with van der Waals surface area (Å²) in [6, 6.07) is 6.43. The molecule has 1 atom stereocenters. The Balaban J connectivity index is 2.11. The van der Waals surface area contributed by atoms with Crippen molar-refractivity contribution in [3.8, 4) is 5.75 Å². The van der Waals surface area contributed by atoms with E-state index in [1.165, 1.54) is 13.2 Å². The fourth-order valence-corrected chi connectivity index (χ4v) is 2.35. The number of rotatable bonds is 2. The molecule has 1 amide bonds. The number of phenols is 1. The maximum atomic E-state index is 12.3. The van der Waals surface area contributed by atoms with E-state index in [0.29, 0.717) is 13.1 Å². The van der Waals surface area contributed by atoms with Crippen LogP contribution >= 0.6 is 0 Å². The Hall–Kier alpha value is -2.04. The van der Waals surface area contributed by atoms with Gasteiger partial charge in [-0.1, -0.05) is 12.1 Å². The maximum absolute atomic E-state index is 12.3. The molecule has 102 valence electrons. The third-order valence-corrected chi connectivity index (χ3v) is 3.38. The molecule has 1 aromatic carbocycles. The van der Waals surface area contributed by atoms with Crippen LogP contribution in [-0.4, -0.2) is 42.1 Å². The average molecular weight is 263 g/mol. The van der Waals surface area contributed by atoms with Crippen LogP contribution < -0.4 is 0 Å². The lowest BCUT2D eigenvalue weighted by atomic mass is 9.97. The van der Waals surface area contributed by atoms with E-state index in [2.05, 4.69) is 0 Å². The second-order valence-electron chi connectivity index (χ2n) is 4.63. The molecule has 1 saturated heterocycles. The molecule has 1 N–H and O–H groups in total. The number of hydrogen-bond acceptors (Lipinski definition) is 4. The molecule has 0 aliphatic carbocycles. The molecule has 19 heavy (non-hydrogen) atoms. The van der Waals surface area contributed by atoms with E-state index in [1.54, 1.807) is 23.1 Å². The number of para-hydroxylation sites is 1. The topological polar surface area (TPSA) is 66.8 Å². The fraction of sp³-hybridized carbons (Fsp3) is 0.429. The lowest BCUT2D eigenvalue weighted by Gasteiger charge is -2.31. The molecule has 0 saturated carbocycles. The minimum absolute atomic E-state index is 0.0345. The number of amides is 1. The summed E-state index contributed by atoms with van der Waals surface area (Å²) in [4.78, 5) is 25.4. The number of aromatic hydroxyl groups is 1. The van der Waals surface area contributed by atoms with Crippen molar-refractivity contribution in [1.82, 2.24) is 4.90 Å². The number of methoxy groups -OCH3 is 1. The minimum Gasteiger partial charge on any atom is -0.507 e. The molecular formula is C14H17NO4. The van der Waals surface area contributed by atoms with Crippen LogP contribution in [0.5, 0.6) is 5.75 Å². The van der Waals surface area contributed by atoms with Gasteiger partial charge in [0.15, 0.2) is 0 Å². The van der Waals surface area contributed by atoms with Crippen molar-refractivity contribution < 1.29 is 19.4 Å². The fourth-order valence-electron chi connectivity index (χ4n) is 2.35. The van der Waals surface area contributed by atoms with Gasteiger partial charge in [0.1, 0.15) is 5.75 Å².